The Balaban J connectivity index is 2.17. The first-order chi connectivity index (χ1) is 9.38. The van der Waals surface area contributed by atoms with Gasteiger partial charge in [-0.2, -0.15) is 5.10 Å². The molecule has 0 saturated carbocycles. The summed E-state index contributed by atoms with van der Waals surface area (Å²) in [7, 11) is -0.736. The topological polar surface area (TPSA) is 59.3 Å². The van der Waals surface area contributed by atoms with Crippen molar-refractivity contribution in [2.24, 2.45) is 0 Å². The molecule has 2 aromatic rings. The van der Waals surface area contributed by atoms with Gasteiger partial charge in [-0.05, 0) is 12.5 Å². The fourth-order valence-corrected chi connectivity index (χ4v) is 2.46. The molecule has 2 rings (SSSR count). The minimum atomic E-state index is -0.736. The lowest BCUT2D eigenvalue weighted by molar-refractivity contribution is 0.562. The molecule has 6 heteroatoms. The molecule has 0 aliphatic rings. The molecule has 2 aromatic heterocycles. The minimum Gasteiger partial charge on any atom is -0.368 e. The van der Waals surface area contributed by atoms with Gasteiger partial charge in [0.2, 0.25) is 0 Å². The number of rotatable bonds is 5. The van der Waals surface area contributed by atoms with Gasteiger partial charge in [-0.3, -0.25) is 4.21 Å². The largest absolute Gasteiger partial charge is 0.368 e. The lowest BCUT2D eigenvalue weighted by atomic mass is 9.92. The number of fused-ring (bicyclic) bond motifs is 1. The van der Waals surface area contributed by atoms with E-state index in [0.717, 1.165) is 30.0 Å². The number of nitrogens with zero attached hydrogens (tertiary/aromatic N) is 3. The normalized spacial score (nSPS) is 13.6. The first kappa shape index (κ1) is 15.0. The highest BCUT2D eigenvalue weighted by molar-refractivity contribution is 7.84. The summed E-state index contributed by atoms with van der Waals surface area (Å²) >= 11 is 0. The van der Waals surface area contributed by atoms with Crippen LogP contribution >= 0.6 is 0 Å². The Hall–Kier alpha value is -1.43. The number of anilines is 1. The molecule has 2 heterocycles. The molecule has 0 aromatic carbocycles. The van der Waals surface area contributed by atoms with Crippen molar-refractivity contribution in [2.75, 3.05) is 23.9 Å². The highest BCUT2D eigenvalue weighted by atomic mass is 32.2. The van der Waals surface area contributed by atoms with Gasteiger partial charge in [0.15, 0.2) is 5.82 Å². The summed E-state index contributed by atoms with van der Waals surface area (Å²) < 4.78 is 12.9. The molecule has 1 unspecified atom stereocenters. The summed E-state index contributed by atoms with van der Waals surface area (Å²) in [5.41, 5.74) is 2.04. The van der Waals surface area contributed by atoms with Crippen molar-refractivity contribution in [3.05, 3.63) is 24.2 Å². The van der Waals surface area contributed by atoms with Crippen molar-refractivity contribution >= 4 is 22.1 Å². The maximum absolute atomic E-state index is 11.0. The third-order valence-electron chi connectivity index (χ3n) is 3.06. The smallest absolute Gasteiger partial charge is 0.152 e. The van der Waals surface area contributed by atoms with E-state index >= 15 is 0 Å². The Morgan fingerprint density at radius 3 is 2.80 bits per heavy atom. The quantitative estimate of drug-likeness (QED) is 0.859. The molecule has 1 N–H and O–H groups in total. The third kappa shape index (κ3) is 3.56. The van der Waals surface area contributed by atoms with Crippen LogP contribution in [0.2, 0.25) is 0 Å². The second kappa shape index (κ2) is 5.91. The Morgan fingerprint density at radius 1 is 1.40 bits per heavy atom. The molecule has 0 spiro atoms. The molecule has 5 nitrogen and oxygen atoms in total. The summed E-state index contributed by atoms with van der Waals surface area (Å²) in [4.78, 5) is 4.37. The van der Waals surface area contributed by atoms with Gasteiger partial charge in [-0.1, -0.05) is 20.8 Å². The summed E-state index contributed by atoms with van der Waals surface area (Å²) in [6.45, 7) is 7.20. The molecule has 0 aliphatic carbocycles. The van der Waals surface area contributed by atoms with E-state index in [4.69, 9.17) is 0 Å². The minimum absolute atomic E-state index is 0.0163. The number of hydrogen-bond donors (Lipinski definition) is 1. The van der Waals surface area contributed by atoms with Crippen molar-refractivity contribution in [3.8, 4) is 0 Å². The highest BCUT2D eigenvalue weighted by Crippen LogP contribution is 2.24. The van der Waals surface area contributed by atoms with E-state index < -0.39 is 10.8 Å². The predicted molar refractivity (Wildman–Crippen MR) is 83.7 cm³/mol. The number of nitrogens with one attached hydrogen (secondary N) is 1. The molecule has 0 radical (unpaired) electrons. The second-order valence-corrected chi connectivity index (χ2v) is 7.50. The lowest BCUT2D eigenvalue weighted by Crippen LogP contribution is -2.11. The van der Waals surface area contributed by atoms with E-state index in [-0.39, 0.29) is 5.41 Å². The Labute approximate surface area is 122 Å². The van der Waals surface area contributed by atoms with Crippen LogP contribution in [0.1, 0.15) is 32.9 Å². The zero-order chi connectivity index (χ0) is 14.8. The molecular weight excluding hydrogens is 272 g/mol. The molecular formula is C14H22N4OS. The summed E-state index contributed by atoms with van der Waals surface area (Å²) in [6, 6.07) is 2.08. The van der Waals surface area contributed by atoms with Gasteiger partial charge in [0, 0.05) is 47.2 Å². The number of aromatic nitrogens is 3. The fraction of sp³-hybridized carbons (Fsp3) is 0.571. The van der Waals surface area contributed by atoms with Crippen LogP contribution in [0.5, 0.6) is 0 Å². The Morgan fingerprint density at radius 2 is 2.15 bits per heavy atom. The van der Waals surface area contributed by atoms with E-state index in [1.165, 1.54) is 0 Å². The molecule has 110 valence electrons. The molecule has 0 amide bonds. The number of hydrogen-bond acceptors (Lipinski definition) is 4. The highest BCUT2D eigenvalue weighted by Gasteiger charge is 2.18. The third-order valence-corrected chi connectivity index (χ3v) is 3.92. The monoisotopic (exact) mass is 294 g/mol. The van der Waals surface area contributed by atoms with Gasteiger partial charge >= 0.3 is 0 Å². The molecule has 1 atom stereocenters. The molecule has 0 aliphatic heterocycles. The van der Waals surface area contributed by atoms with E-state index in [9.17, 15) is 4.21 Å². The van der Waals surface area contributed by atoms with Gasteiger partial charge in [0.25, 0.3) is 0 Å². The van der Waals surface area contributed by atoms with E-state index in [2.05, 4.69) is 42.2 Å². The van der Waals surface area contributed by atoms with E-state index in [0.29, 0.717) is 5.75 Å². The van der Waals surface area contributed by atoms with E-state index in [1.54, 1.807) is 12.5 Å². The summed E-state index contributed by atoms with van der Waals surface area (Å²) in [5.74, 6) is 1.54. The second-order valence-electron chi connectivity index (χ2n) is 5.94. The van der Waals surface area contributed by atoms with Crippen LogP contribution in [0, 0.1) is 0 Å². The van der Waals surface area contributed by atoms with Crippen molar-refractivity contribution in [3.63, 3.8) is 0 Å². The van der Waals surface area contributed by atoms with Crippen LogP contribution in [0.3, 0.4) is 0 Å². The fourth-order valence-electron chi connectivity index (χ4n) is 1.91. The van der Waals surface area contributed by atoms with Crippen LogP contribution in [-0.2, 0) is 16.2 Å². The van der Waals surface area contributed by atoms with Crippen molar-refractivity contribution < 1.29 is 4.21 Å². The van der Waals surface area contributed by atoms with Crippen molar-refractivity contribution in [1.82, 2.24) is 14.6 Å². The van der Waals surface area contributed by atoms with Crippen LogP contribution in [0.15, 0.2) is 18.5 Å². The van der Waals surface area contributed by atoms with E-state index in [1.807, 2.05) is 10.7 Å². The van der Waals surface area contributed by atoms with Crippen molar-refractivity contribution in [1.29, 1.82) is 0 Å². The summed E-state index contributed by atoms with van der Waals surface area (Å²) in [5, 5.41) is 7.89. The standard InChI is InChI=1S/C14H22N4OS/c1-14(2,3)12-10-11-13(15-6-5-9-20(4)19)16-7-8-18(11)17-12/h7-8,10H,5-6,9H2,1-4H3,(H,15,16). The maximum Gasteiger partial charge on any atom is 0.152 e. The molecule has 0 saturated heterocycles. The predicted octanol–water partition coefficient (Wildman–Crippen LogP) is 2.21. The molecule has 20 heavy (non-hydrogen) atoms. The van der Waals surface area contributed by atoms with Crippen LogP contribution in [0.4, 0.5) is 5.82 Å². The van der Waals surface area contributed by atoms with Crippen LogP contribution in [0.25, 0.3) is 5.52 Å². The average Bonchev–Trinajstić information content (AvgIpc) is 2.78. The SMILES string of the molecule is CS(=O)CCCNc1nccn2nc(C(C)(C)C)cc12. The van der Waals surface area contributed by atoms with Crippen LogP contribution < -0.4 is 5.32 Å². The first-order valence-corrected chi connectivity index (χ1v) is 8.49. The maximum atomic E-state index is 11.0. The van der Waals surface area contributed by atoms with Gasteiger partial charge in [0.05, 0.1) is 5.69 Å². The van der Waals surface area contributed by atoms with Gasteiger partial charge in [-0.15, -0.1) is 0 Å². The van der Waals surface area contributed by atoms with Gasteiger partial charge in [-0.25, -0.2) is 9.50 Å². The molecule has 0 bridgehead atoms. The van der Waals surface area contributed by atoms with Crippen molar-refractivity contribution in [2.45, 2.75) is 32.6 Å². The summed E-state index contributed by atoms with van der Waals surface area (Å²) in [6.07, 6.45) is 6.20. The Bertz CT molecular complexity index is 615. The first-order valence-electron chi connectivity index (χ1n) is 6.77. The average molecular weight is 294 g/mol. The zero-order valence-corrected chi connectivity index (χ0v) is 13.3. The lowest BCUT2D eigenvalue weighted by Gasteiger charge is -2.13. The molecule has 0 fully saturated rings. The zero-order valence-electron chi connectivity index (χ0n) is 12.5. The van der Waals surface area contributed by atoms with Gasteiger partial charge < -0.3 is 5.32 Å². The van der Waals surface area contributed by atoms with Crippen LogP contribution in [-0.4, -0.2) is 37.4 Å². The Kier molecular flexibility index (Phi) is 4.42. The van der Waals surface area contributed by atoms with Gasteiger partial charge in [0.1, 0.15) is 5.52 Å².